The first-order chi connectivity index (χ1) is 34.4. The molecule has 2 unspecified atom stereocenters. The molecule has 0 fully saturated rings. The lowest BCUT2D eigenvalue weighted by Crippen LogP contribution is -2.44. The molecular weight excluding hydrogens is 913 g/mol. The molecule has 6 aromatic rings. The predicted molar refractivity (Wildman–Crippen MR) is 271 cm³/mol. The Morgan fingerprint density at radius 1 is 0.583 bits per heavy atom. The third-order valence-corrected chi connectivity index (χ3v) is 12.5. The van der Waals surface area contributed by atoms with Crippen LogP contribution in [0.3, 0.4) is 0 Å². The van der Waals surface area contributed by atoms with E-state index in [9.17, 15) is 19.2 Å². The van der Waals surface area contributed by atoms with Gasteiger partial charge in [0, 0.05) is 62.3 Å². The number of benzene rings is 4. The summed E-state index contributed by atoms with van der Waals surface area (Å²) in [6.07, 6.45) is 3.97. The minimum Gasteiger partial charge on any atom is -0.493 e. The second-order valence-corrected chi connectivity index (χ2v) is 20.9. The predicted octanol–water partition coefficient (Wildman–Crippen LogP) is 10.1. The van der Waals surface area contributed by atoms with Crippen LogP contribution >= 0.6 is 0 Å². The molecule has 0 saturated heterocycles. The summed E-state index contributed by atoms with van der Waals surface area (Å²) in [5.74, 6) is -0.131. The van der Waals surface area contributed by atoms with Crippen molar-refractivity contribution in [1.29, 1.82) is 0 Å². The lowest BCUT2D eigenvalue weighted by atomic mass is 9.88. The number of esters is 4. The molecule has 2 aliphatic heterocycles. The number of hydrogen-bond acceptors (Lipinski definition) is 14. The molecule has 0 spiro atoms. The monoisotopic (exact) mass is 976 g/mol. The highest BCUT2D eigenvalue weighted by atomic mass is 16.6. The van der Waals surface area contributed by atoms with E-state index in [0.29, 0.717) is 111 Å². The summed E-state index contributed by atoms with van der Waals surface area (Å²) in [6, 6.07) is 28.8. The zero-order valence-electron chi connectivity index (χ0n) is 42.5. The Bertz CT molecular complexity index is 2730. The summed E-state index contributed by atoms with van der Waals surface area (Å²) in [7, 11) is 0. The molecule has 0 radical (unpaired) electrons. The molecule has 14 nitrogen and oxygen atoms in total. The van der Waals surface area contributed by atoms with Gasteiger partial charge in [0.15, 0.2) is 0 Å². The average molecular weight is 977 g/mol. The smallest absolute Gasteiger partial charge is 0.338 e. The number of fused-ring (bicyclic) bond motifs is 2. The average Bonchev–Trinajstić information content (AvgIpc) is 3.90. The van der Waals surface area contributed by atoms with Crippen LogP contribution in [0.1, 0.15) is 98.8 Å². The fraction of sp³-hybridized carbons (Fsp3) is 0.379. The Hall–Kier alpha value is -7.16. The number of nitrogens with zero attached hydrogens (tertiary/aromatic N) is 4. The van der Waals surface area contributed by atoms with Crippen molar-refractivity contribution < 1.29 is 47.0 Å². The fourth-order valence-corrected chi connectivity index (χ4v) is 9.35. The molecule has 8 rings (SSSR count). The quantitative estimate of drug-likeness (QED) is 0.0511. The maximum absolute atomic E-state index is 14.1. The molecule has 0 bridgehead atoms. The van der Waals surface area contributed by atoms with E-state index in [1.165, 1.54) is 0 Å². The number of aromatic nitrogens is 2. The van der Waals surface area contributed by atoms with Crippen molar-refractivity contribution in [1.82, 2.24) is 19.8 Å². The van der Waals surface area contributed by atoms with Crippen molar-refractivity contribution in [3.63, 3.8) is 0 Å². The maximum atomic E-state index is 14.1. The summed E-state index contributed by atoms with van der Waals surface area (Å²) in [5, 5.41) is 0. The van der Waals surface area contributed by atoms with Crippen LogP contribution in [0, 0.1) is 24.7 Å². The number of carbonyl (C=O) groups is 4. The lowest BCUT2D eigenvalue weighted by Gasteiger charge is -2.39. The van der Waals surface area contributed by atoms with Crippen LogP contribution in [0.2, 0.25) is 0 Å². The van der Waals surface area contributed by atoms with Gasteiger partial charge in [0.2, 0.25) is 11.8 Å². The van der Waals surface area contributed by atoms with Crippen molar-refractivity contribution in [2.45, 2.75) is 93.2 Å². The van der Waals surface area contributed by atoms with E-state index >= 15 is 0 Å². The molecule has 0 saturated carbocycles. The topological polar surface area (TPSA) is 164 Å². The molecule has 2 aliphatic rings. The lowest BCUT2D eigenvalue weighted by molar-refractivity contribution is -0.164. The Labute approximate surface area is 421 Å². The van der Waals surface area contributed by atoms with Crippen molar-refractivity contribution in [2.24, 2.45) is 10.8 Å². The summed E-state index contributed by atoms with van der Waals surface area (Å²) in [4.78, 5) is 68.2. The van der Waals surface area contributed by atoms with Crippen LogP contribution in [0.4, 0.5) is 0 Å². The Morgan fingerprint density at radius 2 is 0.972 bits per heavy atom. The SMILES string of the molecule is Cc1oc(-c2ccccc2)nc1CCOc1ccc2c(c1)C(C(=O)OC(=O)/C=C/C(=O)OC(=O)C1c3cc(OCCc4nc(-c5ccccc5)oc4C)ccc3CCN1CC(C)(C)C)N(CC(C)(C)C)CC2. The van der Waals surface area contributed by atoms with Gasteiger partial charge in [0.1, 0.15) is 35.1 Å². The first-order valence-corrected chi connectivity index (χ1v) is 24.6. The van der Waals surface area contributed by atoms with Gasteiger partial charge in [-0.2, -0.15) is 0 Å². The van der Waals surface area contributed by atoms with Gasteiger partial charge in [-0.1, -0.05) is 90.1 Å². The van der Waals surface area contributed by atoms with Crippen molar-refractivity contribution in [2.75, 3.05) is 39.4 Å². The zero-order chi connectivity index (χ0) is 51.2. The zero-order valence-corrected chi connectivity index (χ0v) is 42.5. The normalized spacial score (nSPS) is 16.2. The van der Waals surface area contributed by atoms with Crippen molar-refractivity contribution in [3.05, 3.63) is 154 Å². The highest BCUT2D eigenvalue weighted by Crippen LogP contribution is 2.38. The summed E-state index contributed by atoms with van der Waals surface area (Å²) < 4.78 is 35.1. The Balaban J connectivity index is 0.916. The van der Waals surface area contributed by atoms with Crippen molar-refractivity contribution in [3.8, 4) is 34.4 Å². The van der Waals surface area contributed by atoms with Crippen molar-refractivity contribution >= 4 is 23.9 Å². The molecule has 4 heterocycles. The van der Waals surface area contributed by atoms with Crippen LogP contribution in [0.5, 0.6) is 11.5 Å². The van der Waals surface area contributed by atoms with E-state index in [1.54, 1.807) is 0 Å². The highest BCUT2D eigenvalue weighted by Gasteiger charge is 2.39. The molecule has 72 heavy (non-hydrogen) atoms. The van der Waals surface area contributed by atoms with E-state index in [-0.39, 0.29) is 10.8 Å². The van der Waals surface area contributed by atoms with Gasteiger partial charge in [-0.15, -0.1) is 0 Å². The summed E-state index contributed by atoms with van der Waals surface area (Å²) in [5.41, 5.74) is 6.17. The van der Waals surface area contributed by atoms with E-state index in [1.807, 2.05) is 121 Å². The molecule has 376 valence electrons. The summed E-state index contributed by atoms with van der Waals surface area (Å²) in [6.45, 7) is 19.0. The minimum absolute atomic E-state index is 0.195. The first-order valence-electron chi connectivity index (χ1n) is 24.6. The number of rotatable bonds is 16. The number of ether oxygens (including phenoxy) is 4. The van der Waals surface area contributed by atoms with Crippen LogP contribution in [-0.4, -0.2) is 83.0 Å². The molecule has 4 aromatic carbocycles. The number of aryl methyl sites for hydroxylation is 2. The van der Waals surface area contributed by atoms with Crippen LogP contribution in [-0.2, 0) is 54.3 Å². The van der Waals surface area contributed by atoms with Gasteiger partial charge in [-0.3, -0.25) is 9.80 Å². The fourth-order valence-electron chi connectivity index (χ4n) is 9.35. The van der Waals surface area contributed by atoms with Gasteiger partial charge in [0.05, 0.1) is 24.6 Å². The second kappa shape index (κ2) is 22.1. The highest BCUT2D eigenvalue weighted by molar-refractivity contribution is 6.00. The molecule has 0 amide bonds. The van der Waals surface area contributed by atoms with Crippen LogP contribution in [0.15, 0.2) is 118 Å². The minimum atomic E-state index is -1.08. The van der Waals surface area contributed by atoms with E-state index < -0.39 is 36.0 Å². The number of hydrogen-bond donors (Lipinski definition) is 0. The van der Waals surface area contributed by atoms with Crippen LogP contribution < -0.4 is 9.47 Å². The standard InChI is InChI=1S/C58H64N4O10/c1-37-47(59-53(69-37)41-15-11-9-12-16-41)27-31-67-43-21-19-39-25-29-61(35-57(3,4)5)51(45(39)33-43)55(65)71-49(63)23-24-50(64)72-56(66)52-46-34-44(22-20-40(46)26-30-62(52)36-58(6,7)8)68-32-28-48-38(2)70-54(60-48)42-17-13-10-14-18-42/h9-24,33-34,51-52H,25-32,35-36H2,1-8H3/b24-23+. The van der Waals surface area contributed by atoms with Crippen LogP contribution in [0.25, 0.3) is 22.9 Å². The Kier molecular flexibility index (Phi) is 15.7. The number of oxazole rings is 2. The third-order valence-electron chi connectivity index (χ3n) is 12.5. The largest absolute Gasteiger partial charge is 0.493 e. The third kappa shape index (κ3) is 13.0. The van der Waals surface area contributed by atoms with Gasteiger partial charge in [-0.05, 0) is 108 Å². The maximum Gasteiger partial charge on any atom is 0.338 e. The van der Waals surface area contributed by atoms with Gasteiger partial charge < -0.3 is 27.8 Å². The second-order valence-electron chi connectivity index (χ2n) is 20.9. The van der Waals surface area contributed by atoms with E-state index in [2.05, 4.69) is 41.5 Å². The van der Waals surface area contributed by atoms with E-state index in [4.69, 9.17) is 37.7 Å². The molecule has 0 N–H and O–H groups in total. The molecule has 14 heteroatoms. The molecule has 0 aliphatic carbocycles. The summed E-state index contributed by atoms with van der Waals surface area (Å²) >= 11 is 0. The number of carbonyl (C=O) groups excluding carboxylic acids is 4. The van der Waals surface area contributed by atoms with Gasteiger partial charge >= 0.3 is 23.9 Å². The molecule has 2 aromatic heterocycles. The Morgan fingerprint density at radius 3 is 1.35 bits per heavy atom. The molecular formula is C58H64N4O10. The van der Waals surface area contributed by atoms with E-state index in [0.717, 1.165) is 45.8 Å². The van der Waals surface area contributed by atoms with Gasteiger partial charge in [-0.25, -0.2) is 29.1 Å². The van der Waals surface area contributed by atoms with Gasteiger partial charge in [0.25, 0.3) is 0 Å². The first kappa shape index (κ1) is 51.2. The molecule has 2 atom stereocenters.